The second kappa shape index (κ2) is 5.76. The van der Waals surface area contributed by atoms with Gasteiger partial charge >= 0.3 is 0 Å². The van der Waals surface area contributed by atoms with Gasteiger partial charge in [0, 0.05) is 19.1 Å². The summed E-state index contributed by atoms with van der Waals surface area (Å²) >= 11 is 0. The molecule has 1 atom stereocenters. The summed E-state index contributed by atoms with van der Waals surface area (Å²) < 4.78 is 27.3. The van der Waals surface area contributed by atoms with Crippen LogP contribution in [0.1, 0.15) is 24.8 Å². The van der Waals surface area contributed by atoms with Gasteiger partial charge in [0.25, 0.3) is 0 Å². The third-order valence-electron chi connectivity index (χ3n) is 4.39. The molecular formula is C15H19N3O2S. The Hall–Kier alpha value is -1.42. The van der Waals surface area contributed by atoms with Crippen molar-refractivity contribution in [3.05, 3.63) is 29.8 Å². The van der Waals surface area contributed by atoms with Crippen LogP contribution in [0, 0.1) is 11.3 Å². The number of rotatable bonds is 2. The molecule has 0 N–H and O–H groups in total. The normalized spacial score (nSPS) is 24.2. The summed E-state index contributed by atoms with van der Waals surface area (Å²) in [7, 11) is -3.58. The fraction of sp³-hybridized carbons (Fsp3) is 0.533. The molecule has 6 heteroatoms. The van der Waals surface area contributed by atoms with Gasteiger partial charge in [0.15, 0.2) is 0 Å². The number of nitrogens with zero attached hydrogens (tertiary/aromatic N) is 3. The predicted octanol–water partition coefficient (Wildman–Crippen LogP) is 1.42. The summed E-state index contributed by atoms with van der Waals surface area (Å²) in [6, 6.07) is 8.78. The molecule has 0 bridgehead atoms. The smallest absolute Gasteiger partial charge is 0.244 e. The molecule has 2 saturated heterocycles. The first-order valence-corrected chi connectivity index (χ1v) is 8.80. The van der Waals surface area contributed by atoms with Crippen molar-refractivity contribution in [1.82, 2.24) is 9.21 Å². The van der Waals surface area contributed by atoms with Crippen molar-refractivity contribution in [2.45, 2.75) is 30.2 Å². The second-order valence-corrected chi connectivity index (χ2v) is 7.56. The van der Waals surface area contributed by atoms with Crippen LogP contribution in [0.2, 0.25) is 0 Å². The lowest BCUT2D eigenvalue weighted by molar-refractivity contribution is 0.257. The number of benzene rings is 1. The Bertz CT molecular complexity index is 666. The molecule has 2 heterocycles. The molecule has 112 valence electrons. The summed E-state index contributed by atoms with van der Waals surface area (Å²) in [4.78, 5) is 2.53. The average molecular weight is 305 g/mol. The second-order valence-electron chi connectivity index (χ2n) is 5.66. The van der Waals surface area contributed by atoms with Crippen molar-refractivity contribution in [3.8, 4) is 6.07 Å². The first-order chi connectivity index (χ1) is 10.1. The van der Waals surface area contributed by atoms with Crippen molar-refractivity contribution in [2.75, 3.05) is 26.2 Å². The van der Waals surface area contributed by atoms with E-state index in [1.54, 1.807) is 22.5 Å². The van der Waals surface area contributed by atoms with E-state index in [2.05, 4.69) is 4.90 Å². The van der Waals surface area contributed by atoms with Crippen LogP contribution in [-0.2, 0) is 10.0 Å². The van der Waals surface area contributed by atoms with E-state index in [0.29, 0.717) is 19.1 Å². The number of hydrogen-bond acceptors (Lipinski definition) is 4. The maximum absolute atomic E-state index is 12.9. The van der Waals surface area contributed by atoms with Gasteiger partial charge in [-0.3, -0.25) is 4.90 Å². The van der Waals surface area contributed by atoms with Gasteiger partial charge in [-0.1, -0.05) is 12.1 Å². The molecule has 1 unspecified atom stereocenters. The third-order valence-corrected chi connectivity index (χ3v) is 6.31. The Kier molecular flexibility index (Phi) is 3.98. The van der Waals surface area contributed by atoms with Crippen molar-refractivity contribution >= 4 is 10.0 Å². The van der Waals surface area contributed by atoms with Crippen molar-refractivity contribution in [2.24, 2.45) is 0 Å². The van der Waals surface area contributed by atoms with E-state index in [1.807, 2.05) is 6.07 Å². The van der Waals surface area contributed by atoms with Crippen molar-refractivity contribution in [3.63, 3.8) is 0 Å². The van der Waals surface area contributed by atoms with Crippen LogP contribution in [0.15, 0.2) is 29.2 Å². The van der Waals surface area contributed by atoms with E-state index in [-0.39, 0.29) is 10.5 Å². The molecule has 0 radical (unpaired) electrons. The van der Waals surface area contributed by atoms with Gasteiger partial charge in [-0.25, -0.2) is 8.42 Å². The van der Waals surface area contributed by atoms with Gasteiger partial charge in [0.05, 0.1) is 10.5 Å². The third kappa shape index (κ3) is 2.69. The zero-order valence-corrected chi connectivity index (χ0v) is 12.7. The highest BCUT2D eigenvalue weighted by Crippen LogP contribution is 2.26. The zero-order chi connectivity index (χ0) is 14.9. The van der Waals surface area contributed by atoms with Gasteiger partial charge in [-0.15, -0.1) is 0 Å². The van der Waals surface area contributed by atoms with Gasteiger partial charge in [0.1, 0.15) is 6.07 Å². The molecule has 0 aromatic heterocycles. The fourth-order valence-electron chi connectivity index (χ4n) is 3.31. The lowest BCUT2D eigenvalue weighted by Gasteiger charge is -2.25. The molecule has 1 aromatic carbocycles. The molecular weight excluding hydrogens is 286 g/mol. The molecule has 0 saturated carbocycles. The largest absolute Gasteiger partial charge is 0.299 e. The van der Waals surface area contributed by atoms with Crippen LogP contribution in [0.25, 0.3) is 0 Å². The number of hydrogen-bond donors (Lipinski definition) is 0. The van der Waals surface area contributed by atoms with Gasteiger partial charge in [-0.05, 0) is 44.5 Å². The Labute approximate surface area is 125 Å². The van der Waals surface area contributed by atoms with E-state index in [9.17, 15) is 8.42 Å². The Morgan fingerprint density at radius 1 is 1.14 bits per heavy atom. The Balaban J connectivity index is 1.92. The van der Waals surface area contributed by atoms with Crippen LogP contribution in [0.3, 0.4) is 0 Å². The minimum Gasteiger partial charge on any atom is -0.299 e. The van der Waals surface area contributed by atoms with E-state index < -0.39 is 10.0 Å². The quantitative estimate of drug-likeness (QED) is 0.829. The summed E-state index contributed by atoms with van der Waals surface area (Å²) in [5.41, 5.74) is 0.227. The molecule has 0 amide bonds. The topological polar surface area (TPSA) is 64.4 Å². The highest BCUT2D eigenvalue weighted by Gasteiger charge is 2.35. The van der Waals surface area contributed by atoms with Crippen LogP contribution >= 0.6 is 0 Å². The minimum atomic E-state index is -3.58. The summed E-state index contributed by atoms with van der Waals surface area (Å²) in [5, 5.41) is 9.14. The van der Waals surface area contributed by atoms with Crippen molar-refractivity contribution in [1.29, 1.82) is 5.26 Å². The molecule has 5 nitrogen and oxygen atoms in total. The molecule has 21 heavy (non-hydrogen) atoms. The molecule has 0 spiro atoms. The fourth-order valence-corrected chi connectivity index (χ4v) is 4.97. The molecule has 0 aliphatic carbocycles. The number of sulfonamides is 1. The molecule has 3 rings (SSSR count). The maximum Gasteiger partial charge on any atom is 0.244 e. The van der Waals surface area contributed by atoms with E-state index in [4.69, 9.17) is 5.26 Å². The number of fused-ring (bicyclic) bond motifs is 1. The first-order valence-electron chi connectivity index (χ1n) is 7.36. The zero-order valence-electron chi connectivity index (χ0n) is 11.9. The van der Waals surface area contributed by atoms with Crippen LogP contribution in [0.4, 0.5) is 0 Å². The van der Waals surface area contributed by atoms with Crippen LogP contribution in [-0.4, -0.2) is 49.8 Å². The highest BCUT2D eigenvalue weighted by molar-refractivity contribution is 7.89. The van der Waals surface area contributed by atoms with E-state index in [0.717, 1.165) is 32.4 Å². The molecule has 2 aliphatic heterocycles. The monoisotopic (exact) mass is 305 g/mol. The highest BCUT2D eigenvalue weighted by atomic mass is 32.2. The molecule has 2 aliphatic rings. The average Bonchev–Trinajstić information content (AvgIpc) is 2.83. The SMILES string of the molecule is N#Cc1ccccc1S(=O)(=O)N1CCCN2CCCC2C1. The summed E-state index contributed by atoms with van der Waals surface area (Å²) in [6.07, 6.45) is 3.06. The van der Waals surface area contributed by atoms with Crippen molar-refractivity contribution < 1.29 is 8.42 Å². The standard InChI is InChI=1S/C15H19N3O2S/c16-11-13-5-1-2-7-15(13)21(19,20)18-10-4-9-17-8-3-6-14(17)12-18/h1-2,5,7,14H,3-4,6,8-10,12H2. The van der Waals surface area contributed by atoms with E-state index in [1.165, 1.54) is 6.07 Å². The lowest BCUT2D eigenvalue weighted by Crippen LogP contribution is -2.39. The van der Waals surface area contributed by atoms with Gasteiger partial charge in [0.2, 0.25) is 10.0 Å². The minimum absolute atomic E-state index is 0.138. The Morgan fingerprint density at radius 2 is 1.90 bits per heavy atom. The first kappa shape index (κ1) is 14.5. The summed E-state index contributed by atoms with van der Waals surface area (Å²) in [6.45, 7) is 3.13. The number of nitriles is 1. The summed E-state index contributed by atoms with van der Waals surface area (Å²) in [5.74, 6) is 0. The maximum atomic E-state index is 12.9. The Morgan fingerprint density at radius 3 is 2.71 bits per heavy atom. The van der Waals surface area contributed by atoms with Gasteiger partial charge in [-0.2, -0.15) is 9.57 Å². The van der Waals surface area contributed by atoms with Gasteiger partial charge < -0.3 is 0 Å². The molecule has 2 fully saturated rings. The predicted molar refractivity (Wildman–Crippen MR) is 79.1 cm³/mol. The van der Waals surface area contributed by atoms with Crippen LogP contribution < -0.4 is 0 Å². The van der Waals surface area contributed by atoms with Crippen LogP contribution in [0.5, 0.6) is 0 Å². The lowest BCUT2D eigenvalue weighted by atomic mass is 10.2. The molecule has 1 aromatic rings. The van der Waals surface area contributed by atoms with E-state index >= 15 is 0 Å².